The maximum absolute atomic E-state index is 12.3. The standard InChI is InChI=1S/C19H19BrN2O2/c20-16-6-2-1-5-15(16)9-10-19(23)21-17-7-3-4-8-18(17)22-11-13-24-14-12-22/h1-10H,11-14H2,(H,21,23). The predicted molar refractivity (Wildman–Crippen MR) is 101 cm³/mol. The van der Waals surface area contributed by atoms with Crippen LogP contribution in [-0.4, -0.2) is 32.2 Å². The van der Waals surface area contributed by atoms with Gasteiger partial charge in [0.2, 0.25) is 5.91 Å². The van der Waals surface area contributed by atoms with Gasteiger partial charge in [0.25, 0.3) is 0 Å². The number of hydrogen-bond donors (Lipinski definition) is 1. The molecule has 1 aliphatic rings. The van der Waals surface area contributed by atoms with Gasteiger partial charge in [-0.1, -0.05) is 46.3 Å². The molecule has 4 nitrogen and oxygen atoms in total. The summed E-state index contributed by atoms with van der Waals surface area (Å²) >= 11 is 3.48. The number of carbonyl (C=O) groups excluding carboxylic acids is 1. The quantitative estimate of drug-likeness (QED) is 0.809. The summed E-state index contributed by atoms with van der Waals surface area (Å²) in [5.74, 6) is -0.147. The molecule has 1 saturated heterocycles. The lowest BCUT2D eigenvalue weighted by Gasteiger charge is -2.30. The first-order valence-electron chi connectivity index (χ1n) is 7.89. The molecule has 3 rings (SSSR count). The summed E-state index contributed by atoms with van der Waals surface area (Å²) in [5.41, 5.74) is 2.82. The molecule has 1 amide bonds. The average Bonchev–Trinajstić information content (AvgIpc) is 2.62. The Hall–Kier alpha value is -2.11. The number of morpholine rings is 1. The van der Waals surface area contributed by atoms with Gasteiger partial charge in [0.15, 0.2) is 0 Å². The number of carbonyl (C=O) groups is 1. The van der Waals surface area contributed by atoms with Crippen LogP contribution in [0.5, 0.6) is 0 Å². The highest BCUT2D eigenvalue weighted by atomic mass is 79.9. The van der Waals surface area contributed by atoms with Crippen LogP contribution in [0.4, 0.5) is 11.4 Å². The molecular weight excluding hydrogens is 368 g/mol. The van der Waals surface area contributed by atoms with Crippen LogP contribution in [-0.2, 0) is 9.53 Å². The lowest BCUT2D eigenvalue weighted by molar-refractivity contribution is -0.111. The fraction of sp³-hybridized carbons (Fsp3) is 0.211. The van der Waals surface area contributed by atoms with Gasteiger partial charge in [-0.3, -0.25) is 4.79 Å². The highest BCUT2D eigenvalue weighted by Crippen LogP contribution is 2.26. The maximum atomic E-state index is 12.3. The number of anilines is 2. The van der Waals surface area contributed by atoms with Crippen molar-refractivity contribution in [3.05, 3.63) is 64.6 Å². The van der Waals surface area contributed by atoms with Gasteiger partial charge < -0.3 is 15.0 Å². The van der Waals surface area contributed by atoms with Crippen molar-refractivity contribution in [2.45, 2.75) is 0 Å². The van der Waals surface area contributed by atoms with Crippen LogP contribution in [0.2, 0.25) is 0 Å². The van der Waals surface area contributed by atoms with E-state index in [1.54, 1.807) is 12.2 Å². The molecular formula is C19H19BrN2O2. The van der Waals surface area contributed by atoms with Gasteiger partial charge in [-0.25, -0.2) is 0 Å². The average molecular weight is 387 g/mol. The van der Waals surface area contributed by atoms with Gasteiger partial charge >= 0.3 is 0 Å². The second kappa shape index (κ2) is 8.13. The zero-order valence-electron chi connectivity index (χ0n) is 13.2. The summed E-state index contributed by atoms with van der Waals surface area (Å²) < 4.78 is 6.36. The van der Waals surface area contributed by atoms with Gasteiger partial charge in [0.05, 0.1) is 24.6 Å². The normalized spacial score (nSPS) is 14.8. The first kappa shape index (κ1) is 16.7. The molecule has 124 valence electrons. The summed E-state index contributed by atoms with van der Waals surface area (Å²) in [6.45, 7) is 3.09. The van der Waals surface area contributed by atoms with Crippen molar-refractivity contribution in [2.24, 2.45) is 0 Å². The van der Waals surface area contributed by atoms with Crippen LogP contribution in [0.3, 0.4) is 0 Å². The number of halogens is 1. The van der Waals surface area contributed by atoms with Crippen LogP contribution in [0, 0.1) is 0 Å². The number of nitrogens with zero attached hydrogens (tertiary/aromatic N) is 1. The molecule has 5 heteroatoms. The van der Waals surface area contributed by atoms with Crippen molar-refractivity contribution in [1.82, 2.24) is 0 Å². The minimum Gasteiger partial charge on any atom is -0.378 e. The van der Waals surface area contributed by atoms with Crippen molar-refractivity contribution in [3.8, 4) is 0 Å². The minimum absolute atomic E-state index is 0.147. The van der Waals surface area contributed by atoms with Crippen molar-refractivity contribution in [2.75, 3.05) is 36.5 Å². The molecule has 0 aromatic heterocycles. The van der Waals surface area contributed by atoms with E-state index in [1.165, 1.54) is 0 Å². The Kier molecular flexibility index (Phi) is 5.67. The maximum Gasteiger partial charge on any atom is 0.248 e. The Morgan fingerprint density at radius 1 is 1.08 bits per heavy atom. The zero-order valence-corrected chi connectivity index (χ0v) is 14.8. The largest absolute Gasteiger partial charge is 0.378 e. The second-order valence-electron chi connectivity index (χ2n) is 5.46. The number of amides is 1. The molecule has 1 fully saturated rings. The third-order valence-electron chi connectivity index (χ3n) is 3.83. The van der Waals surface area contributed by atoms with Crippen molar-refractivity contribution >= 4 is 39.3 Å². The Morgan fingerprint density at radius 3 is 2.58 bits per heavy atom. The second-order valence-corrected chi connectivity index (χ2v) is 6.32. The van der Waals surface area contributed by atoms with E-state index in [0.29, 0.717) is 13.2 Å². The van der Waals surface area contributed by atoms with E-state index in [4.69, 9.17) is 4.74 Å². The summed E-state index contributed by atoms with van der Waals surface area (Å²) in [4.78, 5) is 14.5. The number of nitrogens with one attached hydrogen (secondary N) is 1. The van der Waals surface area contributed by atoms with E-state index in [-0.39, 0.29) is 5.91 Å². The van der Waals surface area contributed by atoms with Crippen LogP contribution < -0.4 is 10.2 Å². The van der Waals surface area contributed by atoms with Gasteiger partial charge in [-0.2, -0.15) is 0 Å². The molecule has 0 spiro atoms. The van der Waals surface area contributed by atoms with Crippen molar-refractivity contribution in [3.63, 3.8) is 0 Å². The van der Waals surface area contributed by atoms with Crippen LogP contribution in [0.25, 0.3) is 6.08 Å². The predicted octanol–water partition coefficient (Wildman–Crippen LogP) is 3.94. The van der Waals surface area contributed by atoms with E-state index < -0.39 is 0 Å². The molecule has 2 aromatic rings. The number of hydrogen-bond acceptors (Lipinski definition) is 3. The monoisotopic (exact) mass is 386 g/mol. The summed E-state index contributed by atoms with van der Waals surface area (Å²) in [6.07, 6.45) is 3.35. The molecule has 0 unspecified atom stereocenters. The Bertz CT molecular complexity index is 740. The molecule has 2 aromatic carbocycles. The Morgan fingerprint density at radius 2 is 1.79 bits per heavy atom. The lowest BCUT2D eigenvalue weighted by atomic mass is 10.2. The fourth-order valence-electron chi connectivity index (χ4n) is 2.61. The SMILES string of the molecule is O=C(C=Cc1ccccc1Br)Nc1ccccc1N1CCOCC1. The molecule has 0 radical (unpaired) electrons. The first-order chi connectivity index (χ1) is 11.7. The van der Waals surface area contributed by atoms with Gasteiger partial charge in [0, 0.05) is 23.6 Å². The third kappa shape index (κ3) is 4.24. The lowest BCUT2D eigenvalue weighted by Crippen LogP contribution is -2.36. The van der Waals surface area contributed by atoms with Crippen LogP contribution in [0.15, 0.2) is 59.1 Å². The molecule has 0 saturated carbocycles. The van der Waals surface area contributed by atoms with E-state index in [9.17, 15) is 4.79 Å². The van der Waals surface area contributed by atoms with Crippen molar-refractivity contribution in [1.29, 1.82) is 0 Å². The highest BCUT2D eigenvalue weighted by molar-refractivity contribution is 9.10. The molecule has 1 N–H and O–H groups in total. The number of ether oxygens (including phenoxy) is 1. The number of rotatable bonds is 4. The first-order valence-corrected chi connectivity index (χ1v) is 8.68. The molecule has 0 aliphatic carbocycles. The van der Waals surface area contributed by atoms with Crippen LogP contribution in [0.1, 0.15) is 5.56 Å². The number of benzene rings is 2. The highest BCUT2D eigenvalue weighted by Gasteiger charge is 2.15. The smallest absolute Gasteiger partial charge is 0.248 e. The Balaban J connectivity index is 1.71. The fourth-order valence-corrected chi connectivity index (χ4v) is 3.03. The molecule has 0 bridgehead atoms. The van der Waals surface area contributed by atoms with E-state index in [2.05, 4.69) is 26.1 Å². The molecule has 1 aliphatic heterocycles. The van der Waals surface area contributed by atoms with E-state index >= 15 is 0 Å². The van der Waals surface area contributed by atoms with Crippen molar-refractivity contribution < 1.29 is 9.53 Å². The molecule has 24 heavy (non-hydrogen) atoms. The molecule has 0 atom stereocenters. The summed E-state index contributed by atoms with van der Waals surface area (Å²) in [5, 5.41) is 2.97. The topological polar surface area (TPSA) is 41.6 Å². The third-order valence-corrected chi connectivity index (χ3v) is 4.56. The minimum atomic E-state index is -0.147. The van der Waals surface area contributed by atoms with E-state index in [1.807, 2.05) is 48.5 Å². The Labute approximate surface area is 150 Å². The van der Waals surface area contributed by atoms with E-state index in [0.717, 1.165) is 34.5 Å². The molecule has 1 heterocycles. The number of para-hydroxylation sites is 2. The van der Waals surface area contributed by atoms with Gasteiger partial charge in [-0.15, -0.1) is 0 Å². The zero-order chi connectivity index (χ0) is 16.8. The van der Waals surface area contributed by atoms with Gasteiger partial charge in [-0.05, 0) is 29.8 Å². The summed E-state index contributed by atoms with van der Waals surface area (Å²) in [7, 11) is 0. The summed E-state index contributed by atoms with van der Waals surface area (Å²) in [6, 6.07) is 15.7. The van der Waals surface area contributed by atoms with Crippen LogP contribution >= 0.6 is 15.9 Å². The van der Waals surface area contributed by atoms with Gasteiger partial charge in [0.1, 0.15) is 0 Å².